The predicted molar refractivity (Wildman–Crippen MR) is 55.1 cm³/mol. The van der Waals surface area contributed by atoms with Gasteiger partial charge in [-0.15, -0.1) is 0 Å². The molecule has 0 aliphatic carbocycles. The Hall–Kier alpha value is -1.61. The van der Waals surface area contributed by atoms with Gasteiger partial charge in [0.1, 0.15) is 11.3 Å². The summed E-state index contributed by atoms with van der Waals surface area (Å²) in [5.41, 5.74) is 7.02. The predicted octanol–water partition coefficient (Wildman–Crippen LogP) is 1.56. The van der Waals surface area contributed by atoms with Crippen molar-refractivity contribution in [1.29, 1.82) is 0 Å². The molecule has 14 heavy (non-hydrogen) atoms. The van der Waals surface area contributed by atoms with Crippen LogP contribution in [0.4, 0.5) is 0 Å². The van der Waals surface area contributed by atoms with Gasteiger partial charge in [0, 0.05) is 6.07 Å². The summed E-state index contributed by atoms with van der Waals surface area (Å²) >= 11 is 0. The van der Waals surface area contributed by atoms with Crippen molar-refractivity contribution in [1.82, 2.24) is 0 Å². The SMILES string of the molecule is Cc1ccc2oc(CN)cc(=O)c2c1. The van der Waals surface area contributed by atoms with E-state index in [2.05, 4.69) is 0 Å². The first kappa shape index (κ1) is 8.97. The summed E-state index contributed by atoms with van der Waals surface area (Å²) in [5, 5.41) is 0.613. The molecule has 0 saturated heterocycles. The average Bonchev–Trinajstić information content (AvgIpc) is 2.19. The van der Waals surface area contributed by atoms with Crippen molar-refractivity contribution in [3.8, 4) is 0 Å². The minimum absolute atomic E-state index is 0.0320. The second-order valence-electron chi connectivity index (χ2n) is 3.28. The Morgan fingerprint density at radius 2 is 2.14 bits per heavy atom. The molecule has 0 radical (unpaired) electrons. The van der Waals surface area contributed by atoms with E-state index in [1.165, 1.54) is 6.07 Å². The third-order valence-corrected chi connectivity index (χ3v) is 2.13. The van der Waals surface area contributed by atoms with E-state index in [0.717, 1.165) is 5.56 Å². The first-order chi connectivity index (χ1) is 6.70. The van der Waals surface area contributed by atoms with Crippen LogP contribution in [0.15, 0.2) is 33.5 Å². The molecular formula is C11H11NO2. The maximum absolute atomic E-state index is 11.6. The maximum Gasteiger partial charge on any atom is 0.193 e. The van der Waals surface area contributed by atoms with Crippen LogP contribution in [0.5, 0.6) is 0 Å². The molecule has 2 N–H and O–H groups in total. The average molecular weight is 189 g/mol. The monoisotopic (exact) mass is 189 g/mol. The Bertz CT molecular complexity index is 528. The molecule has 0 amide bonds. The third-order valence-electron chi connectivity index (χ3n) is 2.13. The summed E-state index contributed by atoms with van der Waals surface area (Å²) in [4.78, 5) is 11.6. The van der Waals surface area contributed by atoms with Crippen molar-refractivity contribution in [2.75, 3.05) is 0 Å². The molecule has 1 aromatic heterocycles. The van der Waals surface area contributed by atoms with Gasteiger partial charge in [-0.2, -0.15) is 0 Å². The van der Waals surface area contributed by atoms with Gasteiger partial charge in [0.15, 0.2) is 5.43 Å². The van der Waals surface area contributed by atoms with Gasteiger partial charge in [-0.1, -0.05) is 11.6 Å². The van der Waals surface area contributed by atoms with E-state index < -0.39 is 0 Å². The van der Waals surface area contributed by atoms with Crippen LogP contribution in [0.1, 0.15) is 11.3 Å². The lowest BCUT2D eigenvalue weighted by Gasteiger charge is -2.00. The minimum Gasteiger partial charge on any atom is -0.459 e. The number of aryl methyl sites for hydroxylation is 1. The quantitative estimate of drug-likeness (QED) is 0.740. The summed E-state index contributed by atoms with van der Waals surface area (Å²) in [6, 6.07) is 6.97. The molecule has 0 bridgehead atoms. The van der Waals surface area contributed by atoms with Crippen molar-refractivity contribution in [3.63, 3.8) is 0 Å². The van der Waals surface area contributed by atoms with Crippen molar-refractivity contribution in [2.24, 2.45) is 5.73 Å². The Morgan fingerprint density at radius 3 is 2.86 bits per heavy atom. The molecule has 1 heterocycles. The van der Waals surface area contributed by atoms with Gasteiger partial charge in [-0.05, 0) is 19.1 Å². The highest BCUT2D eigenvalue weighted by Gasteiger charge is 2.03. The van der Waals surface area contributed by atoms with Crippen molar-refractivity contribution >= 4 is 11.0 Å². The van der Waals surface area contributed by atoms with Gasteiger partial charge in [0.25, 0.3) is 0 Å². The summed E-state index contributed by atoms with van der Waals surface area (Å²) < 4.78 is 5.42. The molecular weight excluding hydrogens is 178 g/mol. The van der Waals surface area contributed by atoms with Gasteiger partial charge in [0.05, 0.1) is 11.9 Å². The molecule has 72 valence electrons. The third kappa shape index (κ3) is 1.42. The Kier molecular flexibility index (Phi) is 2.09. The summed E-state index contributed by atoms with van der Waals surface area (Å²) in [7, 11) is 0. The van der Waals surface area contributed by atoms with E-state index in [4.69, 9.17) is 10.2 Å². The van der Waals surface area contributed by atoms with Crippen LogP contribution in [0, 0.1) is 6.92 Å². The van der Waals surface area contributed by atoms with E-state index in [1.807, 2.05) is 19.1 Å². The minimum atomic E-state index is -0.0320. The molecule has 1 aromatic carbocycles. The molecule has 0 spiro atoms. The topological polar surface area (TPSA) is 56.2 Å². The first-order valence-corrected chi connectivity index (χ1v) is 4.44. The zero-order valence-corrected chi connectivity index (χ0v) is 7.91. The normalized spacial score (nSPS) is 10.7. The van der Waals surface area contributed by atoms with Crippen molar-refractivity contribution in [2.45, 2.75) is 13.5 Å². The molecule has 0 atom stereocenters. The largest absolute Gasteiger partial charge is 0.459 e. The van der Waals surface area contributed by atoms with Crippen LogP contribution in [0.2, 0.25) is 0 Å². The van der Waals surface area contributed by atoms with Crippen molar-refractivity contribution in [3.05, 3.63) is 45.8 Å². The van der Waals surface area contributed by atoms with Crippen LogP contribution in [0.3, 0.4) is 0 Å². The number of fused-ring (bicyclic) bond motifs is 1. The number of benzene rings is 1. The molecule has 2 aromatic rings. The molecule has 0 aliphatic rings. The fourth-order valence-corrected chi connectivity index (χ4v) is 1.42. The first-order valence-electron chi connectivity index (χ1n) is 4.44. The second-order valence-corrected chi connectivity index (χ2v) is 3.28. The lowest BCUT2D eigenvalue weighted by molar-refractivity contribution is 0.539. The van der Waals surface area contributed by atoms with Gasteiger partial charge >= 0.3 is 0 Å². The zero-order valence-electron chi connectivity index (χ0n) is 7.91. The molecule has 3 nitrogen and oxygen atoms in total. The number of rotatable bonds is 1. The number of nitrogens with two attached hydrogens (primary N) is 1. The highest BCUT2D eigenvalue weighted by Crippen LogP contribution is 2.13. The summed E-state index contributed by atoms with van der Waals surface area (Å²) in [5.74, 6) is 0.520. The van der Waals surface area contributed by atoms with E-state index >= 15 is 0 Å². The van der Waals surface area contributed by atoms with Crippen LogP contribution >= 0.6 is 0 Å². The Morgan fingerprint density at radius 1 is 1.36 bits per heavy atom. The van der Waals surface area contributed by atoms with E-state index in [0.29, 0.717) is 16.7 Å². The Balaban J connectivity index is 2.83. The number of hydrogen-bond acceptors (Lipinski definition) is 3. The molecule has 0 unspecified atom stereocenters. The lowest BCUT2D eigenvalue weighted by Crippen LogP contribution is -2.05. The zero-order chi connectivity index (χ0) is 10.1. The Labute approximate surface area is 81.1 Å². The van der Waals surface area contributed by atoms with Crippen LogP contribution in [-0.4, -0.2) is 0 Å². The van der Waals surface area contributed by atoms with Crippen LogP contribution in [0.25, 0.3) is 11.0 Å². The summed E-state index contributed by atoms with van der Waals surface area (Å²) in [6.07, 6.45) is 0. The highest BCUT2D eigenvalue weighted by atomic mass is 16.3. The fraction of sp³-hybridized carbons (Fsp3) is 0.182. The van der Waals surface area contributed by atoms with E-state index in [-0.39, 0.29) is 12.0 Å². The highest BCUT2D eigenvalue weighted by molar-refractivity contribution is 5.77. The fourth-order valence-electron chi connectivity index (χ4n) is 1.42. The number of hydrogen-bond donors (Lipinski definition) is 1. The van der Waals surface area contributed by atoms with E-state index in [1.54, 1.807) is 6.07 Å². The maximum atomic E-state index is 11.6. The van der Waals surface area contributed by atoms with Gasteiger partial charge in [-0.3, -0.25) is 4.79 Å². The summed E-state index contributed by atoms with van der Waals surface area (Å²) in [6.45, 7) is 2.19. The molecule has 0 aliphatic heterocycles. The standard InChI is InChI=1S/C11H11NO2/c1-7-2-3-11-9(4-7)10(13)5-8(6-12)14-11/h2-5H,6,12H2,1H3. The molecule has 2 rings (SSSR count). The van der Waals surface area contributed by atoms with Crippen LogP contribution in [-0.2, 0) is 6.54 Å². The van der Waals surface area contributed by atoms with Crippen molar-refractivity contribution < 1.29 is 4.42 Å². The lowest BCUT2D eigenvalue weighted by atomic mass is 10.1. The van der Waals surface area contributed by atoms with Crippen LogP contribution < -0.4 is 11.2 Å². The smallest absolute Gasteiger partial charge is 0.193 e. The molecule has 0 fully saturated rings. The molecule has 3 heteroatoms. The van der Waals surface area contributed by atoms with Gasteiger partial charge < -0.3 is 10.2 Å². The van der Waals surface area contributed by atoms with Gasteiger partial charge in [-0.25, -0.2) is 0 Å². The molecule has 0 saturated carbocycles. The van der Waals surface area contributed by atoms with Gasteiger partial charge in [0.2, 0.25) is 0 Å². The van der Waals surface area contributed by atoms with E-state index in [9.17, 15) is 4.79 Å². The second kappa shape index (κ2) is 3.27.